The van der Waals surface area contributed by atoms with Crippen molar-refractivity contribution in [3.05, 3.63) is 107 Å². The molecule has 0 fully saturated rings. The van der Waals surface area contributed by atoms with E-state index in [1.165, 1.54) is 10.8 Å². The molecule has 0 saturated carbocycles. The fourth-order valence-electron chi connectivity index (χ4n) is 3.94. The van der Waals surface area contributed by atoms with Crippen LogP contribution in [0.5, 0.6) is 0 Å². The Morgan fingerprint density at radius 2 is 1.70 bits per heavy atom. The molecule has 0 aliphatic heterocycles. The number of nitrogens with one attached hydrogen (secondary N) is 1. The predicted octanol–water partition coefficient (Wildman–Crippen LogP) is 2.64. The lowest BCUT2D eigenvalue weighted by atomic mass is 10.0. The van der Waals surface area contributed by atoms with Crippen LogP contribution < -0.4 is 16.6 Å². The maximum absolute atomic E-state index is 13.4. The Kier molecular flexibility index (Phi) is 6.54. The Balaban J connectivity index is 1.45. The minimum Gasteiger partial charge on any atom is -0.432 e. The van der Waals surface area contributed by atoms with E-state index in [-0.39, 0.29) is 23.8 Å². The highest BCUT2D eigenvalue weighted by Crippen LogP contribution is 2.17. The van der Waals surface area contributed by atoms with Crippen molar-refractivity contribution in [2.45, 2.75) is 19.0 Å². The van der Waals surface area contributed by atoms with Gasteiger partial charge in [-0.2, -0.15) is 4.98 Å². The standard InChI is InChI=1S/C27H22N6O4/c28-19-15-30-25(18-10-5-2-6-11-18)33(27(19)36)16-22(34)31-20(14-17-8-3-1-4-9-17)23(35)26-32-24-21(37-26)12-7-13-29-24/h1-13,15,20H,14,16,28H2,(H,31,34). The van der Waals surface area contributed by atoms with Crippen molar-refractivity contribution in [2.24, 2.45) is 0 Å². The molecule has 3 aromatic heterocycles. The van der Waals surface area contributed by atoms with E-state index in [0.29, 0.717) is 16.8 Å². The van der Waals surface area contributed by atoms with Crippen LogP contribution in [0.1, 0.15) is 16.2 Å². The Bertz CT molecular complexity index is 1600. The second-order valence-corrected chi connectivity index (χ2v) is 8.31. The normalized spacial score (nSPS) is 11.8. The number of aromatic nitrogens is 4. The molecule has 1 unspecified atom stereocenters. The van der Waals surface area contributed by atoms with E-state index in [1.54, 1.807) is 42.6 Å². The summed E-state index contributed by atoms with van der Waals surface area (Å²) >= 11 is 0. The summed E-state index contributed by atoms with van der Waals surface area (Å²) in [6, 6.07) is 20.5. The first-order valence-corrected chi connectivity index (χ1v) is 11.5. The minimum absolute atomic E-state index is 0.0941. The van der Waals surface area contributed by atoms with Gasteiger partial charge in [0.05, 0.1) is 6.20 Å². The summed E-state index contributed by atoms with van der Waals surface area (Å²) in [5, 5.41) is 2.74. The molecule has 10 nitrogen and oxygen atoms in total. The van der Waals surface area contributed by atoms with E-state index >= 15 is 0 Å². The second kappa shape index (κ2) is 10.2. The zero-order valence-electron chi connectivity index (χ0n) is 19.6. The third kappa shape index (κ3) is 5.13. The van der Waals surface area contributed by atoms with Gasteiger partial charge in [0.15, 0.2) is 11.2 Å². The monoisotopic (exact) mass is 494 g/mol. The Morgan fingerprint density at radius 1 is 0.973 bits per heavy atom. The molecule has 0 aliphatic rings. The summed E-state index contributed by atoms with van der Waals surface area (Å²) < 4.78 is 6.79. The lowest BCUT2D eigenvalue weighted by Crippen LogP contribution is -2.45. The molecule has 3 N–H and O–H groups in total. The molecule has 0 bridgehead atoms. The van der Waals surface area contributed by atoms with Crippen molar-refractivity contribution in [3.63, 3.8) is 0 Å². The first-order chi connectivity index (χ1) is 18.0. The van der Waals surface area contributed by atoms with Crippen LogP contribution in [0.25, 0.3) is 22.6 Å². The molecule has 184 valence electrons. The Labute approximate surface area is 210 Å². The van der Waals surface area contributed by atoms with E-state index in [4.69, 9.17) is 10.2 Å². The molecule has 0 spiro atoms. The summed E-state index contributed by atoms with van der Waals surface area (Å²) in [6.07, 6.45) is 3.00. The largest absolute Gasteiger partial charge is 0.432 e. The van der Waals surface area contributed by atoms with Gasteiger partial charge in [-0.25, -0.2) is 9.97 Å². The topological polar surface area (TPSA) is 146 Å². The third-order valence-corrected chi connectivity index (χ3v) is 5.72. The maximum atomic E-state index is 13.4. The van der Waals surface area contributed by atoms with E-state index in [0.717, 1.165) is 5.56 Å². The maximum Gasteiger partial charge on any atom is 0.277 e. The average molecular weight is 495 g/mol. The minimum atomic E-state index is -1.01. The Morgan fingerprint density at radius 3 is 2.43 bits per heavy atom. The van der Waals surface area contributed by atoms with Crippen molar-refractivity contribution in [1.29, 1.82) is 0 Å². The first kappa shape index (κ1) is 23.6. The van der Waals surface area contributed by atoms with Gasteiger partial charge in [-0.1, -0.05) is 60.7 Å². The molecule has 0 radical (unpaired) electrons. The summed E-state index contributed by atoms with van der Waals surface area (Å²) in [5.74, 6) is -0.972. The lowest BCUT2D eigenvalue weighted by Gasteiger charge is -2.18. The number of rotatable bonds is 8. The number of anilines is 1. The number of hydrogen-bond acceptors (Lipinski definition) is 8. The molecular formula is C27H22N6O4. The number of benzene rings is 2. The van der Waals surface area contributed by atoms with Crippen LogP contribution in [0.15, 0.2) is 94.4 Å². The number of carbonyl (C=O) groups excluding carboxylic acids is 2. The van der Waals surface area contributed by atoms with Crippen LogP contribution >= 0.6 is 0 Å². The molecule has 3 heterocycles. The molecule has 0 aliphatic carbocycles. The zero-order valence-corrected chi connectivity index (χ0v) is 19.6. The summed E-state index contributed by atoms with van der Waals surface area (Å²) in [4.78, 5) is 52.0. The van der Waals surface area contributed by atoms with Gasteiger partial charge < -0.3 is 15.5 Å². The fraction of sp³-hybridized carbons (Fsp3) is 0.111. The van der Waals surface area contributed by atoms with Gasteiger partial charge in [-0.3, -0.25) is 19.0 Å². The summed E-state index contributed by atoms with van der Waals surface area (Å²) in [6.45, 7) is -0.394. The summed E-state index contributed by atoms with van der Waals surface area (Å²) in [7, 11) is 0. The van der Waals surface area contributed by atoms with E-state index in [9.17, 15) is 14.4 Å². The molecule has 5 rings (SSSR count). The number of amides is 1. The third-order valence-electron chi connectivity index (χ3n) is 5.72. The number of nitrogens with two attached hydrogens (primary N) is 1. The number of nitrogen functional groups attached to an aromatic ring is 1. The molecular weight excluding hydrogens is 472 g/mol. The molecule has 2 aromatic carbocycles. The molecule has 1 amide bonds. The van der Waals surface area contributed by atoms with Crippen molar-refractivity contribution in [2.75, 3.05) is 5.73 Å². The second-order valence-electron chi connectivity index (χ2n) is 8.31. The van der Waals surface area contributed by atoms with Crippen LogP contribution in [0.2, 0.25) is 0 Å². The highest BCUT2D eigenvalue weighted by Gasteiger charge is 2.28. The SMILES string of the molecule is Nc1cnc(-c2ccccc2)n(CC(=O)NC(Cc2ccccc2)C(=O)c2nc3ncccc3o2)c1=O. The Hall–Kier alpha value is -5.12. The smallest absolute Gasteiger partial charge is 0.277 e. The average Bonchev–Trinajstić information content (AvgIpc) is 3.36. The summed E-state index contributed by atoms with van der Waals surface area (Å²) in [5.41, 5.74) is 7.27. The predicted molar refractivity (Wildman–Crippen MR) is 137 cm³/mol. The quantitative estimate of drug-likeness (QED) is 0.313. The van der Waals surface area contributed by atoms with Gasteiger partial charge in [0.1, 0.15) is 24.1 Å². The van der Waals surface area contributed by atoms with Gasteiger partial charge >= 0.3 is 0 Å². The van der Waals surface area contributed by atoms with Crippen LogP contribution in [0, 0.1) is 0 Å². The molecule has 5 aromatic rings. The van der Waals surface area contributed by atoms with Gasteiger partial charge in [0, 0.05) is 18.2 Å². The van der Waals surface area contributed by atoms with Gasteiger partial charge in [-0.05, 0) is 17.7 Å². The number of fused-ring (bicyclic) bond motifs is 1. The van der Waals surface area contributed by atoms with Gasteiger partial charge in [-0.15, -0.1) is 0 Å². The van der Waals surface area contributed by atoms with E-state index < -0.39 is 29.8 Å². The number of hydrogen-bond donors (Lipinski definition) is 2. The van der Waals surface area contributed by atoms with Crippen LogP contribution in [0.3, 0.4) is 0 Å². The number of nitrogens with zero attached hydrogens (tertiary/aromatic N) is 4. The highest BCUT2D eigenvalue weighted by atomic mass is 16.4. The van der Waals surface area contributed by atoms with Crippen molar-refractivity contribution in [3.8, 4) is 11.4 Å². The molecule has 1 atom stereocenters. The van der Waals surface area contributed by atoms with Crippen LogP contribution in [-0.4, -0.2) is 37.3 Å². The highest BCUT2D eigenvalue weighted by molar-refractivity contribution is 6.00. The van der Waals surface area contributed by atoms with Crippen LogP contribution in [0.4, 0.5) is 5.69 Å². The van der Waals surface area contributed by atoms with Gasteiger partial charge in [0.25, 0.3) is 11.4 Å². The number of carbonyl (C=O) groups is 2. The molecule has 37 heavy (non-hydrogen) atoms. The first-order valence-electron chi connectivity index (χ1n) is 11.5. The van der Waals surface area contributed by atoms with Crippen molar-refractivity contribution >= 4 is 28.6 Å². The molecule has 10 heteroatoms. The van der Waals surface area contributed by atoms with E-state index in [2.05, 4.69) is 20.3 Å². The number of ketones is 1. The van der Waals surface area contributed by atoms with E-state index in [1.807, 2.05) is 36.4 Å². The number of pyridine rings is 1. The van der Waals surface area contributed by atoms with Gasteiger partial charge in [0.2, 0.25) is 11.7 Å². The number of Topliss-reactive ketones (excluding diaryl/α,β-unsaturated/α-hetero) is 1. The number of oxazole rings is 1. The molecule has 0 saturated heterocycles. The van der Waals surface area contributed by atoms with Crippen molar-refractivity contribution < 1.29 is 14.0 Å². The zero-order chi connectivity index (χ0) is 25.8. The lowest BCUT2D eigenvalue weighted by molar-refractivity contribution is -0.122. The van der Waals surface area contributed by atoms with Crippen molar-refractivity contribution in [1.82, 2.24) is 24.8 Å². The van der Waals surface area contributed by atoms with Crippen LogP contribution in [-0.2, 0) is 17.8 Å². The fourth-order valence-corrected chi connectivity index (χ4v) is 3.94.